The number of aryl methyl sites for hydroxylation is 1. The fourth-order valence-electron chi connectivity index (χ4n) is 4.98. The number of hydrogen-bond acceptors (Lipinski definition) is 6. The minimum absolute atomic E-state index is 0.331. The first-order valence-electron chi connectivity index (χ1n) is 12.5. The molecule has 5 aromatic rings. The quantitative estimate of drug-likeness (QED) is 0.125. The molecule has 8 heteroatoms. The molecule has 2 heterocycles. The number of rotatable bonds is 7. The third-order valence-corrected chi connectivity index (χ3v) is 9.91. The van der Waals surface area contributed by atoms with E-state index in [1.165, 1.54) is 25.9 Å². The maximum absolute atomic E-state index is 11.2. The highest BCUT2D eigenvalue weighted by molar-refractivity contribution is 8.03. The van der Waals surface area contributed by atoms with Gasteiger partial charge < -0.3 is 9.45 Å². The Labute approximate surface area is 230 Å². The van der Waals surface area contributed by atoms with Crippen LogP contribution in [0, 0.1) is 0 Å². The summed E-state index contributed by atoms with van der Waals surface area (Å²) in [6.45, 7) is 0.636. The van der Waals surface area contributed by atoms with E-state index in [4.69, 9.17) is 0 Å². The molecule has 5 nitrogen and oxygen atoms in total. The largest absolute Gasteiger partial charge is 0.748 e. The van der Waals surface area contributed by atoms with E-state index >= 15 is 0 Å². The molecule has 0 N–H and O–H groups in total. The molecule has 192 valence electrons. The first-order chi connectivity index (χ1) is 18.4. The van der Waals surface area contributed by atoms with Crippen molar-refractivity contribution < 1.29 is 17.5 Å². The summed E-state index contributed by atoms with van der Waals surface area (Å²) in [6.07, 6.45) is 3.19. The summed E-state index contributed by atoms with van der Waals surface area (Å²) in [4.78, 5) is 3.44. The molecule has 0 atom stereocenters. The van der Waals surface area contributed by atoms with Gasteiger partial charge in [0.1, 0.15) is 11.7 Å². The molecule has 4 aromatic carbocycles. The number of unbranched alkanes of at least 4 members (excludes halogenated alkanes) is 1. The fourth-order valence-corrected chi connectivity index (χ4v) is 7.83. The van der Waals surface area contributed by atoms with Crippen molar-refractivity contribution in [2.24, 2.45) is 7.05 Å². The summed E-state index contributed by atoms with van der Waals surface area (Å²) < 4.78 is 37.0. The minimum Gasteiger partial charge on any atom is -0.748 e. The molecule has 0 aliphatic carbocycles. The Morgan fingerprint density at radius 1 is 0.921 bits per heavy atom. The summed E-state index contributed by atoms with van der Waals surface area (Å²) >= 11 is 3.49. The van der Waals surface area contributed by atoms with Gasteiger partial charge in [0.15, 0.2) is 0 Å². The van der Waals surface area contributed by atoms with Crippen molar-refractivity contribution in [1.29, 1.82) is 0 Å². The lowest BCUT2D eigenvalue weighted by atomic mass is 10.0. The van der Waals surface area contributed by atoms with Crippen molar-refractivity contribution in [3.05, 3.63) is 95.0 Å². The van der Waals surface area contributed by atoms with Gasteiger partial charge in [0.05, 0.1) is 32.3 Å². The first kappa shape index (κ1) is 25.1. The lowest BCUT2D eigenvalue weighted by molar-refractivity contribution is -0.641. The predicted octanol–water partition coefficient (Wildman–Crippen LogP) is 6.78. The SMILES string of the molecule is C[n+]1c(C=C2Sc3ccc(-c4ccccc4)cc3N2CCCCS(=O)(=O)[O-])sc2ccc3ccccc3c21. The maximum atomic E-state index is 11.2. The molecule has 0 amide bonds. The van der Waals surface area contributed by atoms with Gasteiger partial charge >= 0.3 is 0 Å². The standard InChI is InChI=1S/C30H26N2O3S3/c1-31-28(37-27-16-13-22-11-5-6-12-24(22)30(27)31)20-29-32(17-7-8-18-38(33,34)35)25-19-23(14-15-26(25)36-29)21-9-3-2-4-10-21/h2-6,9-16,19-20H,7-8,17-18H2,1H3. The van der Waals surface area contributed by atoms with E-state index in [0.717, 1.165) is 26.9 Å². The molecule has 1 aromatic heterocycles. The van der Waals surface area contributed by atoms with Gasteiger partial charge in [0.25, 0.3) is 5.01 Å². The summed E-state index contributed by atoms with van der Waals surface area (Å²) in [6, 6.07) is 29.6. The zero-order chi connectivity index (χ0) is 26.3. The Hall–Kier alpha value is -3.17. The third kappa shape index (κ3) is 4.97. The number of thioether (sulfide) groups is 1. The Morgan fingerprint density at radius 3 is 2.53 bits per heavy atom. The number of benzene rings is 4. The number of nitrogens with zero attached hydrogens (tertiary/aromatic N) is 2. The van der Waals surface area contributed by atoms with E-state index in [1.807, 2.05) is 18.2 Å². The summed E-state index contributed by atoms with van der Waals surface area (Å²) in [5, 5.41) is 4.70. The Balaban J connectivity index is 1.39. The summed E-state index contributed by atoms with van der Waals surface area (Å²) in [5.41, 5.74) is 4.62. The molecule has 0 saturated heterocycles. The van der Waals surface area contributed by atoms with Crippen LogP contribution in [0.5, 0.6) is 0 Å². The number of hydrogen-bond donors (Lipinski definition) is 0. The van der Waals surface area contributed by atoms with Gasteiger partial charge in [-0.15, -0.1) is 0 Å². The van der Waals surface area contributed by atoms with Crippen molar-refractivity contribution in [3.8, 4) is 11.1 Å². The molecule has 0 unspecified atom stereocenters. The molecule has 1 aliphatic rings. The monoisotopic (exact) mass is 558 g/mol. The fraction of sp³-hybridized carbons (Fsp3) is 0.167. The van der Waals surface area contributed by atoms with Crippen LogP contribution in [0.3, 0.4) is 0 Å². The topological polar surface area (TPSA) is 64.3 Å². The number of fused-ring (bicyclic) bond motifs is 4. The normalized spacial score (nSPS) is 14.6. The number of thiazole rings is 1. The lowest BCUT2D eigenvalue weighted by Crippen LogP contribution is -2.29. The molecular formula is C30H26N2O3S3. The van der Waals surface area contributed by atoms with E-state index in [1.54, 1.807) is 23.1 Å². The zero-order valence-corrected chi connectivity index (χ0v) is 23.3. The van der Waals surface area contributed by atoms with Crippen LogP contribution in [0.15, 0.2) is 94.9 Å². The zero-order valence-electron chi connectivity index (χ0n) is 20.8. The van der Waals surface area contributed by atoms with Crippen molar-refractivity contribution >= 4 is 66.0 Å². The van der Waals surface area contributed by atoms with Crippen LogP contribution in [0.1, 0.15) is 17.8 Å². The highest BCUT2D eigenvalue weighted by Gasteiger charge is 2.28. The average Bonchev–Trinajstić information content (AvgIpc) is 3.43. The van der Waals surface area contributed by atoms with Crippen LogP contribution >= 0.6 is 23.1 Å². The van der Waals surface area contributed by atoms with Crippen LogP contribution in [-0.2, 0) is 17.2 Å². The van der Waals surface area contributed by atoms with E-state index in [9.17, 15) is 13.0 Å². The predicted molar refractivity (Wildman–Crippen MR) is 157 cm³/mol. The highest BCUT2D eigenvalue weighted by atomic mass is 32.2. The van der Waals surface area contributed by atoms with Crippen LogP contribution in [-0.4, -0.2) is 25.3 Å². The summed E-state index contributed by atoms with van der Waals surface area (Å²) in [5.74, 6) is -0.331. The summed E-state index contributed by atoms with van der Waals surface area (Å²) in [7, 11) is -2.10. The van der Waals surface area contributed by atoms with Crippen molar-refractivity contribution in [3.63, 3.8) is 0 Å². The van der Waals surface area contributed by atoms with Crippen molar-refractivity contribution in [2.75, 3.05) is 17.2 Å². The molecule has 0 bridgehead atoms. The van der Waals surface area contributed by atoms with E-state index in [2.05, 4.69) is 89.3 Å². The molecular weight excluding hydrogens is 533 g/mol. The molecule has 0 saturated carbocycles. The molecule has 0 radical (unpaired) electrons. The molecule has 6 rings (SSSR count). The Kier molecular flexibility index (Phi) is 6.74. The van der Waals surface area contributed by atoms with E-state index < -0.39 is 10.1 Å². The second-order valence-electron chi connectivity index (χ2n) is 9.39. The third-order valence-electron chi connectivity index (χ3n) is 6.85. The second kappa shape index (κ2) is 10.2. The number of anilines is 1. The van der Waals surface area contributed by atoms with Gasteiger partial charge in [-0.05, 0) is 53.6 Å². The number of aromatic nitrogens is 1. The molecule has 0 fully saturated rings. The first-order valence-corrected chi connectivity index (χ1v) is 15.7. The van der Waals surface area contributed by atoms with E-state index in [-0.39, 0.29) is 5.75 Å². The van der Waals surface area contributed by atoms with Gasteiger partial charge in [0, 0.05) is 17.2 Å². The van der Waals surface area contributed by atoms with Crippen LogP contribution in [0.25, 0.3) is 38.2 Å². The van der Waals surface area contributed by atoms with Gasteiger partial charge in [-0.2, -0.15) is 4.57 Å². The smallest absolute Gasteiger partial charge is 0.265 e. The molecule has 0 spiro atoms. The Bertz CT molecular complexity index is 1790. The van der Waals surface area contributed by atoms with E-state index in [0.29, 0.717) is 19.4 Å². The second-order valence-corrected chi connectivity index (χ2v) is 13.0. The molecule has 38 heavy (non-hydrogen) atoms. The highest BCUT2D eigenvalue weighted by Crippen LogP contribution is 2.48. The van der Waals surface area contributed by atoms with Crippen LogP contribution in [0.4, 0.5) is 5.69 Å². The maximum Gasteiger partial charge on any atom is 0.265 e. The van der Waals surface area contributed by atoms with Gasteiger partial charge in [0.2, 0.25) is 5.52 Å². The van der Waals surface area contributed by atoms with Gasteiger partial charge in [-0.1, -0.05) is 83.8 Å². The van der Waals surface area contributed by atoms with Crippen LogP contribution in [0.2, 0.25) is 0 Å². The molecule has 1 aliphatic heterocycles. The van der Waals surface area contributed by atoms with Crippen molar-refractivity contribution in [2.45, 2.75) is 17.7 Å². The lowest BCUT2D eigenvalue weighted by Gasteiger charge is -2.21. The van der Waals surface area contributed by atoms with Crippen molar-refractivity contribution in [1.82, 2.24) is 0 Å². The van der Waals surface area contributed by atoms with Gasteiger partial charge in [-0.25, -0.2) is 8.42 Å². The van der Waals surface area contributed by atoms with Crippen LogP contribution < -0.4 is 9.47 Å². The van der Waals surface area contributed by atoms with Gasteiger partial charge in [-0.3, -0.25) is 0 Å². The Morgan fingerprint density at radius 2 is 1.71 bits per heavy atom. The average molecular weight is 559 g/mol. The minimum atomic E-state index is -4.21.